The van der Waals surface area contributed by atoms with Gasteiger partial charge in [-0.2, -0.15) is 0 Å². The maximum atomic E-state index is 4.38. The van der Waals surface area contributed by atoms with Gasteiger partial charge in [0, 0.05) is 24.0 Å². The smallest absolute Gasteiger partial charge is 0.134 e. The van der Waals surface area contributed by atoms with Crippen LogP contribution in [0.5, 0.6) is 0 Å². The van der Waals surface area contributed by atoms with E-state index in [9.17, 15) is 0 Å². The minimum Gasteiger partial charge on any atom is -0.373 e. The average Bonchev–Trinajstić information content (AvgIpc) is 2.83. The highest BCUT2D eigenvalue weighted by Crippen LogP contribution is 2.28. The summed E-state index contributed by atoms with van der Waals surface area (Å²) in [6, 6.07) is 4.24. The summed E-state index contributed by atoms with van der Waals surface area (Å²) < 4.78 is 1.18. The number of thiophene rings is 1. The Morgan fingerprint density at radius 2 is 2.00 bits per heavy atom. The van der Waals surface area contributed by atoms with Crippen LogP contribution in [0.3, 0.4) is 0 Å². The second kappa shape index (κ2) is 7.04. The molecule has 20 heavy (non-hydrogen) atoms. The van der Waals surface area contributed by atoms with Crippen LogP contribution in [0.1, 0.15) is 30.2 Å². The summed E-state index contributed by atoms with van der Waals surface area (Å²) in [4.78, 5) is 10.0. The summed E-state index contributed by atoms with van der Waals surface area (Å²) in [7, 11) is 1.89. The van der Waals surface area contributed by atoms with Crippen molar-refractivity contribution in [2.45, 2.75) is 26.2 Å². The van der Waals surface area contributed by atoms with E-state index in [4.69, 9.17) is 0 Å². The molecule has 2 N–H and O–H groups in total. The number of aromatic nitrogens is 2. The van der Waals surface area contributed by atoms with Crippen molar-refractivity contribution in [1.29, 1.82) is 0 Å². The van der Waals surface area contributed by atoms with Gasteiger partial charge in [0.15, 0.2) is 0 Å². The summed E-state index contributed by atoms with van der Waals surface area (Å²) in [6.45, 7) is 5.18. The number of nitrogens with zero attached hydrogens (tertiary/aromatic N) is 2. The quantitative estimate of drug-likeness (QED) is 0.818. The number of hydrogen-bond donors (Lipinski definition) is 2. The molecular weight excluding hydrogens is 336 g/mol. The van der Waals surface area contributed by atoms with Crippen molar-refractivity contribution < 1.29 is 0 Å². The van der Waals surface area contributed by atoms with Crippen LogP contribution in [0.2, 0.25) is 0 Å². The van der Waals surface area contributed by atoms with Gasteiger partial charge in [0.25, 0.3) is 0 Å². The average molecular weight is 355 g/mol. The molecule has 0 saturated carbocycles. The third-order valence-electron chi connectivity index (χ3n) is 2.99. The Morgan fingerprint density at radius 3 is 2.60 bits per heavy atom. The Morgan fingerprint density at radius 1 is 1.25 bits per heavy atom. The molecule has 2 heterocycles. The molecule has 0 aliphatic rings. The molecule has 2 aromatic rings. The molecule has 2 aromatic heterocycles. The molecule has 0 aromatic carbocycles. The topological polar surface area (TPSA) is 49.8 Å². The zero-order chi connectivity index (χ0) is 14.5. The lowest BCUT2D eigenvalue weighted by Crippen LogP contribution is -2.11. The van der Waals surface area contributed by atoms with Crippen LogP contribution < -0.4 is 10.6 Å². The molecule has 0 aliphatic carbocycles. The molecule has 108 valence electrons. The largest absolute Gasteiger partial charge is 0.373 e. The monoisotopic (exact) mass is 354 g/mol. The normalized spacial score (nSPS) is 10.8. The minimum atomic E-state index is 0.372. The lowest BCUT2D eigenvalue weighted by molar-refractivity contribution is 0.845. The van der Waals surface area contributed by atoms with E-state index < -0.39 is 0 Å². The molecule has 0 aliphatic heterocycles. The van der Waals surface area contributed by atoms with E-state index in [1.807, 2.05) is 7.05 Å². The van der Waals surface area contributed by atoms with Crippen LogP contribution in [0, 0.1) is 0 Å². The van der Waals surface area contributed by atoms with Gasteiger partial charge in [-0.15, -0.1) is 11.3 Å². The third-order valence-corrected chi connectivity index (χ3v) is 4.67. The Hall–Kier alpha value is -1.14. The summed E-state index contributed by atoms with van der Waals surface area (Å²) in [5.74, 6) is 2.20. The van der Waals surface area contributed by atoms with Gasteiger partial charge < -0.3 is 10.6 Å². The van der Waals surface area contributed by atoms with Gasteiger partial charge in [0.2, 0.25) is 0 Å². The van der Waals surface area contributed by atoms with Gasteiger partial charge in [0.1, 0.15) is 18.0 Å². The number of rotatable bonds is 6. The van der Waals surface area contributed by atoms with Crippen molar-refractivity contribution in [3.05, 3.63) is 32.7 Å². The summed E-state index contributed by atoms with van der Waals surface area (Å²) in [6.07, 6.45) is 2.59. The number of halogens is 1. The summed E-state index contributed by atoms with van der Waals surface area (Å²) in [5.41, 5.74) is 1.14. The fourth-order valence-corrected chi connectivity index (χ4v) is 3.56. The molecule has 0 radical (unpaired) electrons. The molecule has 6 heteroatoms. The molecule has 0 spiro atoms. The van der Waals surface area contributed by atoms with Gasteiger partial charge in [0.05, 0.1) is 3.79 Å². The van der Waals surface area contributed by atoms with E-state index in [-0.39, 0.29) is 0 Å². The molecule has 0 saturated heterocycles. The standard InChI is InChI=1S/C14H19BrN4S/c1-9(2)12-13(16-3)18-8-19-14(12)17-7-6-10-4-5-11(15)20-10/h4-5,8-9H,6-7H2,1-3H3,(H2,16,17,18,19). The maximum absolute atomic E-state index is 4.38. The Bertz CT molecular complexity index is 568. The molecule has 2 rings (SSSR count). The number of anilines is 2. The van der Waals surface area contributed by atoms with E-state index >= 15 is 0 Å². The fourth-order valence-electron chi connectivity index (χ4n) is 2.07. The van der Waals surface area contributed by atoms with Gasteiger partial charge in [-0.05, 0) is 40.4 Å². The molecule has 0 unspecified atom stereocenters. The number of nitrogens with one attached hydrogen (secondary N) is 2. The van der Waals surface area contributed by atoms with Crippen molar-refractivity contribution in [1.82, 2.24) is 9.97 Å². The highest BCUT2D eigenvalue weighted by molar-refractivity contribution is 9.11. The van der Waals surface area contributed by atoms with Crippen LogP contribution in [0.15, 0.2) is 22.2 Å². The van der Waals surface area contributed by atoms with E-state index in [0.717, 1.165) is 30.2 Å². The maximum Gasteiger partial charge on any atom is 0.134 e. The first-order valence-corrected chi connectivity index (χ1v) is 8.23. The van der Waals surface area contributed by atoms with E-state index in [1.54, 1.807) is 17.7 Å². The highest BCUT2D eigenvalue weighted by atomic mass is 79.9. The zero-order valence-corrected chi connectivity index (χ0v) is 14.3. The summed E-state index contributed by atoms with van der Waals surface area (Å²) >= 11 is 5.26. The first-order chi connectivity index (χ1) is 9.61. The van der Waals surface area contributed by atoms with E-state index in [1.165, 1.54) is 8.66 Å². The predicted molar refractivity (Wildman–Crippen MR) is 89.9 cm³/mol. The molecule has 0 amide bonds. The molecule has 0 bridgehead atoms. The van der Waals surface area contributed by atoms with Crippen molar-refractivity contribution >= 4 is 38.9 Å². The van der Waals surface area contributed by atoms with Gasteiger partial charge in [-0.25, -0.2) is 9.97 Å². The zero-order valence-electron chi connectivity index (χ0n) is 11.9. The van der Waals surface area contributed by atoms with Crippen LogP contribution in [0.4, 0.5) is 11.6 Å². The highest BCUT2D eigenvalue weighted by Gasteiger charge is 2.13. The van der Waals surface area contributed by atoms with Crippen LogP contribution >= 0.6 is 27.3 Å². The van der Waals surface area contributed by atoms with Crippen molar-refractivity contribution in [3.63, 3.8) is 0 Å². The minimum absolute atomic E-state index is 0.372. The fraction of sp³-hybridized carbons (Fsp3) is 0.429. The third kappa shape index (κ3) is 3.70. The van der Waals surface area contributed by atoms with Gasteiger partial charge in [-0.3, -0.25) is 0 Å². The Balaban J connectivity index is 2.05. The first kappa shape index (κ1) is 15.3. The van der Waals surface area contributed by atoms with E-state index in [2.05, 4.69) is 62.5 Å². The van der Waals surface area contributed by atoms with Crippen molar-refractivity contribution in [3.8, 4) is 0 Å². The van der Waals surface area contributed by atoms with Crippen LogP contribution in [-0.2, 0) is 6.42 Å². The molecule has 0 fully saturated rings. The molecule has 0 atom stereocenters. The van der Waals surface area contributed by atoms with Crippen LogP contribution in [0.25, 0.3) is 0 Å². The second-order valence-corrected chi connectivity index (χ2v) is 7.32. The van der Waals surface area contributed by atoms with Gasteiger partial charge >= 0.3 is 0 Å². The molecular formula is C14H19BrN4S. The Labute approximate surface area is 132 Å². The first-order valence-electron chi connectivity index (χ1n) is 6.62. The van der Waals surface area contributed by atoms with Crippen LogP contribution in [-0.4, -0.2) is 23.6 Å². The number of hydrogen-bond acceptors (Lipinski definition) is 5. The lowest BCUT2D eigenvalue weighted by atomic mass is 10.0. The predicted octanol–water partition coefficient (Wildman–Crippen LogP) is 4.12. The SMILES string of the molecule is CNc1ncnc(NCCc2ccc(Br)s2)c1C(C)C. The van der Waals surface area contributed by atoms with Gasteiger partial charge in [-0.1, -0.05) is 13.8 Å². The van der Waals surface area contributed by atoms with Crippen molar-refractivity contribution in [2.75, 3.05) is 24.2 Å². The Kier molecular flexibility index (Phi) is 5.37. The second-order valence-electron chi connectivity index (χ2n) is 4.77. The lowest BCUT2D eigenvalue weighted by Gasteiger charge is -2.16. The molecule has 4 nitrogen and oxygen atoms in total. The van der Waals surface area contributed by atoms with Crippen molar-refractivity contribution in [2.24, 2.45) is 0 Å². The van der Waals surface area contributed by atoms with E-state index in [0.29, 0.717) is 5.92 Å². The summed E-state index contributed by atoms with van der Waals surface area (Å²) in [5, 5.41) is 6.56.